The Morgan fingerprint density at radius 1 is 1.43 bits per heavy atom. The molecule has 1 atom stereocenters. The highest BCUT2D eigenvalue weighted by atomic mass is 35.5. The fourth-order valence-corrected chi connectivity index (χ4v) is 2.89. The lowest BCUT2D eigenvalue weighted by molar-refractivity contribution is -0.126. The number of carbonyl (C=O) groups excluding carboxylic acids is 1. The largest absolute Gasteiger partial charge is 0.478 e. The Balaban J connectivity index is 2.31. The smallest absolute Gasteiger partial charge is 0.337 e. The Morgan fingerprint density at radius 3 is 2.67 bits per heavy atom. The number of aromatic carboxylic acids is 1. The van der Waals surface area contributed by atoms with Crippen LogP contribution in [-0.2, 0) is 4.79 Å². The van der Waals surface area contributed by atoms with E-state index in [-0.39, 0.29) is 23.1 Å². The summed E-state index contributed by atoms with van der Waals surface area (Å²) in [6, 6.07) is 4.37. The molecule has 1 aromatic rings. The molecule has 0 aromatic heterocycles. The molecule has 6 heteroatoms. The Kier molecular flexibility index (Phi) is 4.54. The van der Waals surface area contributed by atoms with Gasteiger partial charge in [-0.05, 0) is 37.1 Å². The SMILES string of the molecule is CC(C)C1(C(=O)Nc2cc(Cl)ccc2C(=O)O)CCNC1. The third kappa shape index (κ3) is 3.04. The lowest BCUT2D eigenvalue weighted by Crippen LogP contribution is -2.42. The van der Waals surface area contributed by atoms with Crippen molar-refractivity contribution in [1.29, 1.82) is 0 Å². The van der Waals surface area contributed by atoms with Gasteiger partial charge in [0.25, 0.3) is 0 Å². The van der Waals surface area contributed by atoms with Crippen molar-refractivity contribution < 1.29 is 14.7 Å². The summed E-state index contributed by atoms with van der Waals surface area (Å²) in [5.74, 6) is -1.10. The van der Waals surface area contributed by atoms with Gasteiger partial charge in [0, 0.05) is 11.6 Å². The minimum absolute atomic E-state index is 0.0395. The van der Waals surface area contributed by atoms with Gasteiger partial charge in [-0.25, -0.2) is 4.79 Å². The molecule has 1 aliphatic rings. The monoisotopic (exact) mass is 310 g/mol. The van der Waals surface area contributed by atoms with Crippen LogP contribution in [-0.4, -0.2) is 30.1 Å². The summed E-state index contributed by atoms with van der Waals surface area (Å²) in [6.45, 7) is 5.39. The van der Waals surface area contributed by atoms with E-state index in [0.717, 1.165) is 13.0 Å². The predicted octanol–water partition coefficient (Wildman–Crippen LogP) is 2.61. The average Bonchev–Trinajstić information content (AvgIpc) is 2.88. The van der Waals surface area contributed by atoms with Crippen LogP contribution in [0.1, 0.15) is 30.6 Å². The van der Waals surface area contributed by atoms with E-state index in [1.165, 1.54) is 18.2 Å². The van der Waals surface area contributed by atoms with Crippen LogP contribution in [0.3, 0.4) is 0 Å². The predicted molar refractivity (Wildman–Crippen MR) is 81.8 cm³/mol. The Labute approximate surface area is 128 Å². The molecule has 5 nitrogen and oxygen atoms in total. The summed E-state index contributed by atoms with van der Waals surface area (Å²) in [5, 5.41) is 15.5. The average molecular weight is 311 g/mol. The van der Waals surface area contributed by atoms with Crippen molar-refractivity contribution in [3.63, 3.8) is 0 Å². The first kappa shape index (κ1) is 15.8. The number of carboxylic acid groups (broad SMARTS) is 1. The molecule has 114 valence electrons. The summed E-state index contributed by atoms with van der Waals surface area (Å²) >= 11 is 5.91. The third-order valence-corrected chi connectivity index (χ3v) is 4.44. The maximum absolute atomic E-state index is 12.7. The van der Waals surface area contributed by atoms with Gasteiger partial charge in [-0.15, -0.1) is 0 Å². The number of carboxylic acids is 1. The third-order valence-electron chi connectivity index (χ3n) is 4.21. The molecule has 0 radical (unpaired) electrons. The summed E-state index contributed by atoms with van der Waals surface area (Å²) in [6.07, 6.45) is 0.736. The van der Waals surface area contributed by atoms with E-state index >= 15 is 0 Å². The zero-order valence-electron chi connectivity index (χ0n) is 12.1. The maximum atomic E-state index is 12.7. The standard InChI is InChI=1S/C15H19ClN2O3/c1-9(2)15(5-6-17-8-15)14(21)18-12-7-10(16)3-4-11(12)13(19)20/h3-4,7,9,17H,5-6,8H2,1-2H3,(H,18,21)(H,19,20). The van der Waals surface area contributed by atoms with Crippen molar-refractivity contribution in [3.05, 3.63) is 28.8 Å². The molecule has 2 rings (SSSR count). The van der Waals surface area contributed by atoms with E-state index in [1.807, 2.05) is 13.8 Å². The van der Waals surface area contributed by atoms with Crippen molar-refractivity contribution >= 4 is 29.2 Å². The van der Waals surface area contributed by atoms with Crippen molar-refractivity contribution in [3.8, 4) is 0 Å². The molecule has 0 bridgehead atoms. The van der Waals surface area contributed by atoms with Crippen LogP contribution in [0.25, 0.3) is 0 Å². The second-order valence-corrected chi connectivity index (χ2v) is 6.12. The fraction of sp³-hybridized carbons (Fsp3) is 0.467. The quantitative estimate of drug-likeness (QED) is 0.799. The Bertz CT molecular complexity index is 566. The number of hydrogen-bond donors (Lipinski definition) is 3. The summed E-state index contributed by atoms with van der Waals surface area (Å²) in [4.78, 5) is 23.9. The minimum Gasteiger partial charge on any atom is -0.478 e. The Hall–Kier alpha value is -1.59. The molecular weight excluding hydrogens is 292 g/mol. The van der Waals surface area contributed by atoms with Gasteiger partial charge in [0.05, 0.1) is 16.7 Å². The van der Waals surface area contributed by atoms with E-state index in [9.17, 15) is 14.7 Å². The van der Waals surface area contributed by atoms with Crippen molar-refractivity contribution in [2.75, 3.05) is 18.4 Å². The first-order chi connectivity index (χ1) is 9.86. The van der Waals surface area contributed by atoms with E-state index in [4.69, 9.17) is 11.6 Å². The van der Waals surface area contributed by atoms with E-state index in [2.05, 4.69) is 10.6 Å². The normalized spacial score (nSPS) is 21.5. The zero-order chi connectivity index (χ0) is 15.6. The number of amides is 1. The van der Waals surface area contributed by atoms with E-state index < -0.39 is 11.4 Å². The minimum atomic E-state index is -1.09. The van der Waals surface area contributed by atoms with Gasteiger partial charge in [-0.3, -0.25) is 4.79 Å². The van der Waals surface area contributed by atoms with E-state index in [0.29, 0.717) is 11.6 Å². The molecule has 0 aliphatic carbocycles. The van der Waals surface area contributed by atoms with Crippen LogP contribution >= 0.6 is 11.6 Å². The fourth-order valence-electron chi connectivity index (χ4n) is 2.71. The number of anilines is 1. The number of hydrogen-bond acceptors (Lipinski definition) is 3. The van der Waals surface area contributed by atoms with Gasteiger partial charge in [0.2, 0.25) is 5.91 Å². The second kappa shape index (κ2) is 6.03. The van der Waals surface area contributed by atoms with Gasteiger partial charge in [-0.1, -0.05) is 25.4 Å². The van der Waals surface area contributed by atoms with Gasteiger partial charge in [-0.2, -0.15) is 0 Å². The second-order valence-electron chi connectivity index (χ2n) is 5.69. The molecule has 1 aliphatic heterocycles. The first-order valence-electron chi connectivity index (χ1n) is 6.92. The first-order valence-corrected chi connectivity index (χ1v) is 7.29. The lowest BCUT2D eigenvalue weighted by Gasteiger charge is -2.31. The van der Waals surface area contributed by atoms with Crippen molar-refractivity contribution in [2.45, 2.75) is 20.3 Å². The zero-order valence-corrected chi connectivity index (χ0v) is 12.8. The van der Waals surface area contributed by atoms with Crippen molar-refractivity contribution in [2.24, 2.45) is 11.3 Å². The van der Waals surface area contributed by atoms with Gasteiger partial charge in [0.1, 0.15) is 0 Å². The lowest BCUT2D eigenvalue weighted by atomic mass is 9.75. The molecule has 1 saturated heterocycles. The molecule has 1 unspecified atom stereocenters. The van der Waals surface area contributed by atoms with E-state index in [1.54, 1.807) is 0 Å². The maximum Gasteiger partial charge on any atom is 0.337 e. The van der Waals surface area contributed by atoms with Gasteiger partial charge >= 0.3 is 5.97 Å². The van der Waals surface area contributed by atoms with Crippen LogP contribution in [0.5, 0.6) is 0 Å². The van der Waals surface area contributed by atoms with Crippen LogP contribution in [0.4, 0.5) is 5.69 Å². The molecule has 0 saturated carbocycles. The molecule has 1 heterocycles. The number of halogens is 1. The molecule has 3 N–H and O–H groups in total. The molecule has 21 heavy (non-hydrogen) atoms. The highest BCUT2D eigenvalue weighted by Gasteiger charge is 2.44. The summed E-state index contributed by atoms with van der Waals surface area (Å²) in [5.41, 5.74) is -0.234. The highest BCUT2D eigenvalue weighted by molar-refractivity contribution is 6.31. The number of nitrogens with one attached hydrogen (secondary N) is 2. The number of carbonyl (C=O) groups is 2. The van der Waals surface area contributed by atoms with Gasteiger partial charge in [0.15, 0.2) is 0 Å². The van der Waals surface area contributed by atoms with Crippen molar-refractivity contribution in [1.82, 2.24) is 5.32 Å². The number of benzene rings is 1. The Morgan fingerprint density at radius 2 is 2.14 bits per heavy atom. The van der Waals surface area contributed by atoms with Crippen LogP contribution in [0, 0.1) is 11.3 Å². The summed E-state index contributed by atoms with van der Waals surface area (Å²) < 4.78 is 0. The molecule has 1 aromatic carbocycles. The van der Waals surface area contributed by atoms with Gasteiger partial charge < -0.3 is 15.7 Å². The number of rotatable bonds is 4. The summed E-state index contributed by atoms with van der Waals surface area (Å²) in [7, 11) is 0. The topological polar surface area (TPSA) is 78.4 Å². The molecule has 0 spiro atoms. The molecular formula is C15H19ClN2O3. The van der Waals surface area contributed by atoms with Crippen LogP contribution < -0.4 is 10.6 Å². The highest BCUT2D eigenvalue weighted by Crippen LogP contribution is 2.36. The van der Waals surface area contributed by atoms with Crippen LogP contribution in [0.2, 0.25) is 5.02 Å². The molecule has 1 amide bonds. The molecule has 1 fully saturated rings. The van der Waals surface area contributed by atoms with Crippen LogP contribution in [0.15, 0.2) is 18.2 Å².